The van der Waals surface area contributed by atoms with Crippen LogP contribution in [0.15, 0.2) is 6.33 Å². The van der Waals surface area contributed by atoms with Crippen LogP contribution in [0, 0.1) is 11.8 Å². The van der Waals surface area contributed by atoms with Crippen LogP contribution in [0.25, 0.3) is 0 Å². The second kappa shape index (κ2) is 4.23. The van der Waals surface area contributed by atoms with Crippen LogP contribution in [-0.2, 0) is 0 Å². The van der Waals surface area contributed by atoms with Gasteiger partial charge >= 0.3 is 0 Å². The average molecular weight is 228 g/mol. The summed E-state index contributed by atoms with van der Waals surface area (Å²) in [4.78, 5) is 7.96. The summed E-state index contributed by atoms with van der Waals surface area (Å²) in [5, 5.41) is 3.58. The molecule has 1 saturated carbocycles. The van der Waals surface area contributed by atoms with Crippen molar-refractivity contribution in [3.05, 3.63) is 11.5 Å². The smallest absolute Gasteiger partial charge is 0.198 e. The first-order valence-corrected chi connectivity index (χ1v) is 5.38. The molecule has 1 fully saturated rings. The second-order valence-corrected chi connectivity index (χ2v) is 4.26. The van der Waals surface area contributed by atoms with Gasteiger partial charge < -0.3 is 10.1 Å². The molecule has 1 aromatic rings. The van der Waals surface area contributed by atoms with Crippen LogP contribution in [0.5, 0.6) is 5.75 Å². The molecular formula is C10H14ClN3O. The van der Waals surface area contributed by atoms with Crippen molar-refractivity contribution in [3.8, 4) is 5.75 Å². The maximum atomic E-state index is 5.87. The van der Waals surface area contributed by atoms with Gasteiger partial charge in [0.1, 0.15) is 6.33 Å². The van der Waals surface area contributed by atoms with Gasteiger partial charge in [0.2, 0.25) is 0 Å². The number of methoxy groups -OCH3 is 1. The van der Waals surface area contributed by atoms with Crippen LogP contribution in [0.1, 0.15) is 13.3 Å². The van der Waals surface area contributed by atoms with E-state index in [-0.39, 0.29) is 0 Å². The van der Waals surface area contributed by atoms with Crippen molar-refractivity contribution in [1.82, 2.24) is 9.97 Å². The monoisotopic (exact) mass is 227 g/mol. The zero-order chi connectivity index (χ0) is 10.8. The van der Waals surface area contributed by atoms with Gasteiger partial charge in [-0.25, -0.2) is 9.97 Å². The Labute approximate surface area is 94.0 Å². The molecule has 0 radical (unpaired) electrons. The van der Waals surface area contributed by atoms with Crippen LogP contribution < -0.4 is 10.1 Å². The molecule has 0 aromatic carbocycles. The van der Waals surface area contributed by atoms with Crippen LogP contribution >= 0.6 is 11.6 Å². The van der Waals surface area contributed by atoms with Gasteiger partial charge in [-0.3, -0.25) is 0 Å². The Bertz CT molecular complexity index is 359. The minimum atomic E-state index is 0.346. The summed E-state index contributed by atoms with van der Waals surface area (Å²) in [5.74, 6) is 2.77. The highest BCUT2D eigenvalue weighted by Gasteiger charge is 2.32. The molecular weight excluding hydrogens is 214 g/mol. The van der Waals surface area contributed by atoms with Gasteiger partial charge in [-0.15, -0.1) is 0 Å². The third-order valence-electron chi connectivity index (χ3n) is 2.77. The Morgan fingerprint density at radius 2 is 2.33 bits per heavy atom. The Kier molecular flexibility index (Phi) is 2.95. The summed E-state index contributed by atoms with van der Waals surface area (Å²) >= 11 is 5.87. The zero-order valence-corrected chi connectivity index (χ0v) is 9.58. The normalized spacial score (nSPS) is 23.7. The molecule has 82 valence electrons. The third-order valence-corrected chi connectivity index (χ3v) is 3.04. The molecule has 0 aliphatic heterocycles. The lowest BCUT2D eigenvalue weighted by molar-refractivity contribution is 0.413. The fraction of sp³-hybridized carbons (Fsp3) is 0.600. The van der Waals surface area contributed by atoms with E-state index in [1.54, 1.807) is 7.11 Å². The van der Waals surface area contributed by atoms with E-state index in [4.69, 9.17) is 16.3 Å². The van der Waals surface area contributed by atoms with E-state index in [9.17, 15) is 0 Å². The standard InChI is InChI=1S/C10H14ClN3O/c1-6-3-7(6)4-12-10-8(15-2)9(11)13-5-14-10/h5-7H,3-4H2,1-2H3,(H,12,13,14). The molecule has 1 aliphatic carbocycles. The lowest BCUT2D eigenvalue weighted by atomic mass is 10.3. The Morgan fingerprint density at radius 1 is 1.60 bits per heavy atom. The molecule has 1 N–H and O–H groups in total. The minimum Gasteiger partial charge on any atom is -0.490 e. The molecule has 1 aromatic heterocycles. The SMILES string of the molecule is COc1c(Cl)ncnc1NCC1CC1C. The zero-order valence-electron chi connectivity index (χ0n) is 8.83. The molecule has 2 rings (SSSR count). The van der Waals surface area contributed by atoms with Gasteiger partial charge in [0, 0.05) is 6.54 Å². The van der Waals surface area contributed by atoms with Gasteiger partial charge in [-0.2, -0.15) is 0 Å². The largest absolute Gasteiger partial charge is 0.490 e. The van der Waals surface area contributed by atoms with Crippen LogP contribution in [0.2, 0.25) is 5.15 Å². The first-order chi connectivity index (χ1) is 7.22. The van der Waals surface area contributed by atoms with Gasteiger partial charge in [0.05, 0.1) is 7.11 Å². The Hall–Kier alpha value is -1.03. The fourth-order valence-corrected chi connectivity index (χ4v) is 1.78. The summed E-state index contributed by atoms with van der Waals surface area (Å²) in [6.45, 7) is 3.17. The lowest BCUT2D eigenvalue weighted by Gasteiger charge is -2.09. The van der Waals surface area contributed by atoms with Crippen molar-refractivity contribution in [2.45, 2.75) is 13.3 Å². The maximum Gasteiger partial charge on any atom is 0.198 e. The summed E-state index contributed by atoms with van der Waals surface area (Å²) in [7, 11) is 1.56. The second-order valence-electron chi connectivity index (χ2n) is 3.90. The van der Waals surface area contributed by atoms with Crippen LogP contribution in [-0.4, -0.2) is 23.6 Å². The molecule has 5 heteroatoms. The molecule has 1 heterocycles. The van der Waals surface area contributed by atoms with E-state index in [0.717, 1.165) is 18.4 Å². The first-order valence-electron chi connectivity index (χ1n) is 5.00. The fourth-order valence-electron chi connectivity index (χ4n) is 1.57. The summed E-state index contributed by atoms with van der Waals surface area (Å²) < 4.78 is 5.14. The van der Waals surface area contributed by atoms with Gasteiger partial charge in [0.15, 0.2) is 16.7 Å². The van der Waals surface area contributed by atoms with Crippen molar-refractivity contribution in [2.24, 2.45) is 11.8 Å². The number of halogens is 1. The first kappa shape index (κ1) is 10.5. The van der Waals surface area contributed by atoms with Crippen molar-refractivity contribution in [3.63, 3.8) is 0 Å². The van der Waals surface area contributed by atoms with Crippen LogP contribution in [0.3, 0.4) is 0 Å². The highest BCUT2D eigenvalue weighted by Crippen LogP contribution is 2.38. The van der Waals surface area contributed by atoms with Gasteiger partial charge in [-0.05, 0) is 18.3 Å². The maximum absolute atomic E-state index is 5.87. The average Bonchev–Trinajstić information content (AvgIpc) is 2.92. The van der Waals surface area contributed by atoms with E-state index in [0.29, 0.717) is 16.7 Å². The van der Waals surface area contributed by atoms with E-state index in [1.165, 1.54) is 12.7 Å². The van der Waals surface area contributed by atoms with Gasteiger partial charge in [-0.1, -0.05) is 18.5 Å². The van der Waals surface area contributed by atoms with E-state index < -0.39 is 0 Å². The van der Waals surface area contributed by atoms with Gasteiger partial charge in [0.25, 0.3) is 0 Å². The molecule has 0 spiro atoms. The van der Waals surface area contributed by atoms with Crippen molar-refractivity contribution >= 4 is 17.4 Å². The van der Waals surface area contributed by atoms with Crippen molar-refractivity contribution in [2.75, 3.05) is 19.0 Å². The highest BCUT2D eigenvalue weighted by atomic mass is 35.5. The number of rotatable bonds is 4. The van der Waals surface area contributed by atoms with Crippen LogP contribution in [0.4, 0.5) is 5.82 Å². The molecule has 15 heavy (non-hydrogen) atoms. The topological polar surface area (TPSA) is 47.0 Å². The lowest BCUT2D eigenvalue weighted by Crippen LogP contribution is -2.08. The van der Waals surface area contributed by atoms with E-state index in [1.807, 2.05) is 0 Å². The third kappa shape index (κ3) is 2.31. The predicted octanol–water partition coefficient (Wildman–Crippen LogP) is 2.21. The molecule has 4 nitrogen and oxygen atoms in total. The molecule has 1 aliphatic rings. The Morgan fingerprint density at radius 3 is 2.93 bits per heavy atom. The molecule has 0 saturated heterocycles. The number of anilines is 1. The molecule has 2 atom stereocenters. The van der Waals surface area contributed by atoms with E-state index >= 15 is 0 Å². The van der Waals surface area contributed by atoms with Crippen molar-refractivity contribution in [1.29, 1.82) is 0 Å². The number of nitrogens with zero attached hydrogens (tertiary/aromatic N) is 2. The Balaban J connectivity index is 2.03. The number of aromatic nitrogens is 2. The molecule has 0 amide bonds. The van der Waals surface area contributed by atoms with E-state index in [2.05, 4.69) is 22.2 Å². The summed E-state index contributed by atoms with van der Waals surface area (Å²) in [6.07, 6.45) is 2.72. The van der Waals surface area contributed by atoms with Crippen molar-refractivity contribution < 1.29 is 4.74 Å². The number of ether oxygens (including phenoxy) is 1. The number of hydrogen-bond donors (Lipinski definition) is 1. The molecule has 2 unspecified atom stereocenters. The predicted molar refractivity (Wildman–Crippen MR) is 59.4 cm³/mol. The summed E-state index contributed by atoms with van der Waals surface area (Å²) in [6, 6.07) is 0. The molecule has 0 bridgehead atoms. The highest BCUT2D eigenvalue weighted by molar-refractivity contribution is 6.31. The summed E-state index contributed by atoms with van der Waals surface area (Å²) in [5.41, 5.74) is 0. The number of nitrogens with one attached hydrogen (secondary N) is 1. The number of hydrogen-bond acceptors (Lipinski definition) is 4. The quantitative estimate of drug-likeness (QED) is 0.802. The minimum absolute atomic E-state index is 0.346.